The summed E-state index contributed by atoms with van der Waals surface area (Å²) in [5.41, 5.74) is 0.588. The Labute approximate surface area is 96.3 Å². The third-order valence-electron chi connectivity index (χ3n) is 3.23. The van der Waals surface area contributed by atoms with Crippen molar-refractivity contribution < 1.29 is 0 Å². The van der Waals surface area contributed by atoms with Crippen molar-refractivity contribution in [2.24, 2.45) is 0 Å². The summed E-state index contributed by atoms with van der Waals surface area (Å²) in [6.07, 6.45) is 6.30. The van der Waals surface area contributed by atoms with Gasteiger partial charge in [-0.3, -0.25) is 0 Å². The summed E-state index contributed by atoms with van der Waals surface area (Å²) in [6, 6.07) is 2.18. The van der Waals surface area contributed by atoms with Gasteiger partial charge < -0.3 is 9.88 Å². The predicted molar refractivity (Wildman–Crippen MR) is 63.5 cm³/mol. The number of nitrogens with one attached hydrogen (secondary N) is 1. The molecular weight excluding hydrogens is 200 g/mol. The van der Waals surface area contributed by atoms with Crippen LogP contribution in [0.25, 0.3) is 0 Å². The first-order chi connectivity index (χ1) is 7.72. The van der Waals surface area contributed by atoms with E-state index in [1.807, 2.05) is 19.0 Å². The maximum Gasteiger partial charge on any atom is 0.165 e. The first-order valence-corrected chi connectivity index (χ1v) is 5.89. The molecule has 0 bridgehead atoms. The van der Waals surface area contributed by atoms with Gasteiger partial charge in [0.25, 0.3) is 0 Å². The summed E-state index contributed by atoms with van der Waals surface area (Å²) in [6.45, 7) is 0. The molecule has 1 aromatic rings. The van der Waals surface area contributed by atoms with Crippen molar-refractivity contribution in [2.45, 2.75) is 38.0 Å². The molecule has 0 aromatic carbocycles. The van der Waals surface area contributed by atoms with Crippen LogP contribution in [0.1, 0.15) is 49.5 Å². The summed E-state index contributed by atoms with van der Waals surface area (Å²) in [7, 11) is 3.84. The van der Waals surface area contributed by atoms with Gasteiger partial charge in [-0.15, -0.1) is 0 Å². The molecule has 1 aromatic heterocycles. The van der Waals surface area contributed by atoms with Gasteiger partial charge in [0.05, 0.1) is 0 Å². The second-order valence-corrected chi connectivity index (χ2v) is 4.66. The zero-order chi connectivity index (χ0) is 11.5. The van der Waals surface area contributed by atoms with Gasteiger partial charge in [0, 0.05) is 20.0 Å². The van der Waals surface area contributed by atoms with Crippen molar-refractivity contribution in [3.63, 3.8) is 0 Å². The zero-order valence-corrected chi connectivity index (χ0v) is 9.95. The van der Waals surface area contributed by atoms with Crippen LogP contribution < -0.4 is 4.90 Å². The van der Waals surface area contributed by atoms with E-state index in [1.54, 1.807) is 0 Å². The molecular formula is C12H18N4. The third kappa shape index (κ3) is 2.04. The summed E-state index contributed by atoms with van der Waals surface area (Å²) in [5, 5.41) is 9.03. The van der Waals surface area contributed by atoms with E-state index in [1.165, 1.54) is 32.1 Å². The molecule has 1 aliphatic rings. The molecule has 0 radical (unpaired) electrons. The molecule has 1 saturated carbocycles. The fourth-order valence-electron chi connectivity index (χ4n) is 2.35. The molecule has 1 N–H and O–H groups in total. The standard InChI is InChI=1S/C12H18N4/c1-16(2)12-10(8-13)14-11(15-12)9-6-4-3-5-7-9/h9H,3-7H2,1-2H3,(H,14,15). The van der Waals surface area contributed by atoms with Gasteiger partial charge >= 0.3 is 0 Å². The molecule has 1 heterocycles. The fraction of sp³-hybridized carbons (Fsp3) is 0.667. The second kappa shape index (κ2) is 4.56. The van der Waals surface area contributed by atoms with Crippen LogP contribution in [0.5, 0.6) is 0 Å². The molecule has 2 rings (SSSR count). The largest absolute Gasteiger partial charge is 0.360 e. The van der Waals surface area contributed by atoms with Crippen molar-refractivity contribution >= 4 is 5.82 Å². The van der Waals surface area contributed by atoms with Crippen molar-refractivity contribution in [3.8, 4) is 6.07 Å². The van der Waals surface area contributed by atoms with E-state index in [2.05, 4.69) is 16.0 Å². The van der Waals surface area contributed by atoms with Crippen LogP contribution in [-0.2, 0) is 0 Å². The molecule has 0 spiro atoms. The first-order valence-electron chi connectivity index (χ1n) is 5.89. The van der Waals surface area contributed by atoms with Gasteiger partial charge in [0.2, 0.25) is 0 Å². The van der Waals surface area contributed by atoms with Crippen molar-refractivity contribution in [2.75, 3.05) is 19.0 Å². The Bertz CT molecular complexity index is 394. The topological polar surface area (TPSA) is 55.7 Å². The van der Waals surface area contributed by atoms with Crippen LogP contribution in [0.4, 0.5) is 5.82 Å². The lowest BCUT2D eigenvalue weighted by atomic mass is 9.89. The van der Waals surface area contributed by atoms with Crippen LogP contribution in [0.2, 0.25) is 0 Å². The number of nitrogens with zero attached hydrogens (tertiary/aromatic N) is 3. The molecule has 1 aliphatic carbocycles. The molecule has 4 heteroatoms. The Hall–Kier alpha value is -1.50. The molecule has 0 amide bonds. The van der Waals surface area contributed by atoms with E-state index < -0.39 is 0 Å². The highest BCUT2D eigenvalue weighted by Gasteiger charge is 2.21. The van der Waals surface area contributed by atoms with E-state index in [9.17, 15) is 0 Å². The Kier molecular flexibility index (Phi) is 3.14. The SMILES string of the molecule is CN(C)c1nc(C2CCCCC2)[nH]c1C#N. The van der Waals surface area contributed by atoms with Gasteiger partial charge in [-0.1, -0.05) is 19.3 Å². The average Bonchev–Trinajstić information content (AvgIpc) is 2.74. The number of hydrogen-bond donors (Lipinski definition) is 1. The zero-order valence-electron chi connectivity index (χ0n) is 9.95. The van der Waals surface area contributed by atoms with Crippen LogP contribution in [0, 0.1) is 11.3 Å². The third-order valence-corrected chi connectivity index (χ3v) is 3.23. The minimum absolute atomic E-state index is 0.523. The Morgan fingerprint density at radius 3 is 2.50 bits per heavy atom. The van der Waals surface area contributed by atoms with E-state index in [0.717, 1.165) is 11.6 Å². The highest BCUT2D eigenvalue weighted by Crippen LogP contribution is 2.32. The molecule has 16 heavy (non-hydrogen) atoms. The van der Waals surface area contributed by atoms with Gasteiger partial charge in [-0.2, -0.15) is 5.26 Å². The highest BCUT2D eigenvalue weighted by atomic mass is 15.2. The number of anilines is 1. The normalized spacial score (nSPS) is 17.1. The van der Waals surface area contributed by atoms with Crippen molar-refractivity contribution in [1.29, 1.82) is 5.26 Å². The first kappa shape index (κ1) is 11.0. The molecule has 1 fully saturated rings. The summed E-state index contributed by atoms with van der Waals surface area (Å²) < 4.78 is 0. The van der Waals surface area contributed by atoms with Crippen LogP contribution in [-0.4, -0.2) is 24.1 Å². The number of imidazole rings is 1. The molecule has 86 valence electrons. The van der Waals surface area contributed by atoms with Crippen molar-refractivity contribution in [3.05, 3.63) is 11.5 Å². The lowest BCUT2D eigenvalue weighted by Crippen LogP contribution is -2.11. The predicted octanol–water partition coefficient (Wildman–Crippen LogP) is 2.40. The fourth-order valence-corrected chi connectivity index (χ4v) is 2.35. The average molecular weight is 218 g/mol. The van der Waals surface area contributed by atoms with Gasteiger partial charge in [-0.25, -0.2) is 4.98 Å². The Morgan fingerprint density at radius 1 is 1.31 bits per heavy atom. The minimum atomic E-state index is 0.523. The highest BCUT2D eigenvalue weighted by molar-refractivity contribution is 5.50. The maximum atomic E-state index is 9.03. The molecule has 4 nitrogen and oxygen atoms in total. The molecule has 0 aliphatic heterocycles. The summed E-state index contributed by atoms with van der Waals surface area (Å²) in [5.74, 6) is 2.29. The number of rotatable bonds is 2. The molecule has 0 saturated heterocycles. The number of H-pyrrole nitrogens is 1. The summed E-state index contributed by atoms with van der Waals surface area (Å²) in [4.78, 5) is 9.61. The van der Waals surface area contributed by atoms with Gasteiger partial charge in [0.15, 0.2) is 11.5 Å². The van der Waals surface area contributed by atoms with Crippen molar-refractivity contribution in [1.82, 2.24) is 9.97 Å². The summed E-state index contributed by atoms with van der Waals surface area (Å²) >= 11 is 0. The number of hydrogen-bond acceptors (Lipinski definition) is 3. The van der Waals surface area contributed by atoms with Gasteiger partial charge in [-0.05, 0) is 12.8 Å². The second-order valence-electron chi connectivity index (χ2n) is 4.66. The lowest BCUT2D eigenvalue weighted by Gasteiger charge is -2.19. The number of aromatic amines is 1. The van der Waals surface area contributed by atoms with Crippen LogP contribution in [0.3, 0.4) is 0 Å². The lowest BCUT2D eigenvalue weighted by molar-refractivity contribution is 0.431. The van der Waals surface area contributed by atoms with Crippen LogP contribution >= 0.6 is 0 Å². The Balaban J connectivity index is 2.25. The number of aromatic nitrogens is 2. The van der Waals surface area contributed by atoms with E-state index in [0.29, 0.717) is 11.6 Å². The van der Waals surface area contributed by atoms with Gasteiger partial charge in [0.1, 0.15) is 11.9 Å². The van der Waals surface area contributed by atoms with Crippen LogP contribution in [0.15, 0.2) is 0 Å². The molecule has 0 unspecified atom stereocenters. The maximum absolute atomic E-state index is 9.03. The van der Waals surface area contributed by atoms with E-state index in [-0.39, 0.29) is 0 Å². The quantitative estimate of drug-likeness (QED) is 0.829. The monoisotopic (exact) mass is 218 g/mol. The van der Waals surface area contributed by atoms with E-state index >= 15 is 0 Å². The Morgan fingerprint density at radius 2 is 2.00 bits per heavy atom. The number of nitriles is 1. The molecule has 0 atom stereocenters. The van der Waals surface area contributed by atoms with E-state index in [4.69, 9.17) is 5.26 Å². The minimum Gasteiger partial charge on any atom is -0.360 e. The smallest absolute Gasteiger partial charge is 0.165 e.